The fourth-order valence-corrected chi connectivity index (χ4v) is 4.82. The molecule has 2 fully saturated rings. The quantitative estimate of drug-likeness (QED) is 0.485. The molecular formula is C19H36N4O3S. The lowest BCUT2D eigenvalue weighted by Gasteiger charge is -2.18. The van der Waals surface area contributed by atoms with Gasteiger partial charge in [-0.3, -0.25) is 0 Å². The molecule has 2 rings (SSSR count). The van der Waals surface area contributed by atoms with Crippen LogP contribution in [0.2, 0.25) is 0 Å². The molecule has 0 aromatic rings. The van der Waals surface area contributed by atoms with E-state index in [-0.39, 0.29) is 0 Å². The van der Waals surface area contributed by atoms with Crippen LogP contribution in [0.3, 0.4) is 0 Å². The van der Waals surface area contributed by atoms with Crippen molar-refractivity contribution in [3.8, 4) is 0 Å². The van der Waals surface area contributed by atoms with Crippen molar-refractivity contribution < 1.29 is 14.3 Å². The molecule has 27 heavy (non-hydrogen) atoms. The van der Waals surface area contributed by atoms with Crippen LogP contribution >= 0.6 is 11.8 Å². The summed E-state index contributed by atoms with van der Waals surface area (Å²) >= 11 is 2.00. The average Bonchev–Trinajstić information content (AvgIpc) is 3.12. The number of nitrogens with two attached hydrogens (primary N) is 1. The molecule has 0 radical (unpaired) electrons. The van der Waals surface area contributed by atoms with Gasteiger partial charge in [0.2, 0.25) is 5.96 Å². The molecule has 156 valence electrons. The molecule has 0 bridgehead atoms. The number of unbranched alkanes of at least 4 members (excludes halogenated alkanes) is 3. The first-order valence-electron chi connectivity index (χ1n) is 10.1. The van der Waals surface area contributed by atoms with Gasteiger partial charge in [0.25, 0.3) is 0 Å². The standard InChI is InChI=1S/C19H36N4O3S/c1-19(2,3)26-18(24)23-17-21-14-13-27-15(16(14)22-17)9-5-4-7-11-25-12-8-6-10-20/h14-16H,4-13,20H2,1-3H3,(H2,21,22,23,24)/t14-,15-,16-/m0/s1. The van der Waals surface area contributed by atoms with Gasteiger partial charge in [0.05, 0.1) is 12.1 Å². The Hall–Kier alpha value is -0.990. The number of aliphatic imine (C=N–C) groups is 1. The third-order valence-corrected chi connectivity index (χ3v) is 6.07. The van der Waals surface area contributed by atoms with Gasteiger partial charge >= 0.3 is 6.09 Å². The first kappa shape index (κ1) is 22.3. The third-order valence-electron chi connectivity index (χ3n) is 4.57. The molecule has 2 saturated heterocycles. The minimum absolute atomic E-state index is 0.337. The van der Waals surface area contributed by atoms with Gasteiger partial charge in [-0.25, -0.2) is 4.79 Å². The van der Waals surface area contributed by atoms with Crippen molar-refractivity contribution in [2.24, 2.45) is 10.7 Å². The van der Waals surface area contributed by atoms with Gasteiger partial charge in [0.15, 0.2) is 0 Å². The Balaban J connectivity index is 1.62. The van der Waals surface area contributed by atoms with Crippen LogP contribution in [0.1, 0.15) is 59.3 Å². The molecule has 0 aliphatic carbocycles. The molecule has 7 nitrogen and oxygen atoms in total. The Labute approximate surface area is 167 Å². The lowest BCUT2D eigenvalue weighted by Crippen LogP contribution is -2.37. The summed E-state index contributed by atoms with van der Waals surface area (Å²) in [5.41, 5.74) is 4.94. The van der Waals surface area contributed by atoms with Gasteiger partial charge in [0, 0.05) is 24.2 Å². The minimum atomic E-state index is -0.548. The predicted molar refractivity (Wildman–Crippen MR) is 111 cm³/mol. The van der Waals surface area contributed by atoms with E-state index in [4.69, 9.17) is 15.2 Å². The maximum absolute atomic E-state index is 11.9. The highest BCUT2D eigenvalue weighted by Gasteiger charge is 2.42. The summed E-state index contributed by atoms with van der Waals surface area (Å²) in [6.07, 6.45) is 6.24. The van der Waals surface area contributed by atoms with Crippen LogP contribution in [0.5, 0.6) is 0 Å². The molecule has 1 amide bonds. The molecular weight excluding hydrogens is 364 g/mol. The Bertz CT molecular complexity index is 496. The molecule has 0 unspecified atom stereocenters. The predicted octanol–water partition coefficient (Wildman–Crippen LogP) is 2.64. The van der Waals surface area contributed by atoms with Crippen molar-refractivity contribution in [1.82, 2.24) is 10.6 Å². The topological polar surface area (TPSA) is 98.0 Å². The zero-order valence-corrected chi connectivity index (χ0v) is 17.8. The number of carbonyl (C=O) groups excluding carboxylic acids is 1. The van der Waals surface area contributed by atoms with E-state index in [0.717, 1.165) is 44.8 Å². The number of hydrogen-bond acceptors (Lipinski definition) is 5. The molecule has 0 spiro atoms. The number of carbonyl (C=O) groups is 1. The van der Waals surface area contributed by atoms with Crippen LogP contribution in [0.4, 0.5) is 4.79 Å². The summed E-state index contributed by atoms with van der Waals surface area (Å²) in [6, 6.07) is 0.677. The summed E-state index contributed by atoms with van der Waals surface area (Å²) in [4.78, 5) is 15.9. The summed E-state index contributed by atoms with van der Waals surface area (Å²) in [5.74, 6) is 1.59. The number of thioether (sulfide) groups is 1. The largest absolute Gasteiger partial charge is 0.442 e. The second kappa shape index (κ2) is 11.1. The van der Waals surface area contributed by atoms with E-state index < -0.39 is 11.7 Å². The number of hydrogen-bond donors (Lipinski definition) is 3. The fraction of sp³-hybridized carbons (Fsp3) is 0.895. The van der Waals surface area contributed by atoms with E-state index in [1.165, 1.54) is 19.3 Å². The Morgan fingerprint density at radius 1 is 1.19 bits per heavy atom. The molecule has 2 heterocycles. The highest BCUT2D eigenvalue weighted by Crippen LogP contribution is 2.33. The number of nitrogens with zero attached hydrogens (tertiary/aromatic N) is 1. The van der Waals surface area contributed by atoms with Gasteiger partial charge in [0.1, 0.15) is 5.60 Å². The van der Waals surface area contributed by atoms with Crippen LogP contribution in [-0.4, -0.2) is 60.5 Å². The number of amides is 1. The molecule has 8 heteroatoms. The average molecular weight is 401 g/mol. The highest BCUT2D eigenvalue weighted by atomic mass is 32.2. The molecule has 4 N–H and O–H groups in total. The van der Waals surface area contributed by atoms with E-state index in [1.54, 1.807) is 0 Å². The summed E-state index contributed by atoms with van der Waals surface area (Å²) < 4.78 is 10.9. The van der Waals surface area contributed by atoms with Crippen LogP contribution in [-0.2, 0) is 9.47 Å². The van der Waals surface area contributed by atoms with Crippen molar-refractivity contribution in [2.75, 3.05) is 25.5 Å². The SMILES string of the molecule is CC(C)(C)OC(=O)/N=C1\N[C@H]2[C@H](CS[C@H]2CCCCCOCCCCN)N1. The number of nitrogens with one attached hydrogen (secondary N) is 2. The fourth-order valence-electron chi connectivity index (χ4n) is 3.27. The van der Waals surface area contributed by atoms with Gasteiger partial charge in [-0.2, -0.15) is 11.8 Å². The maximum atomic E-state index is 11.9. The maximum Gasteiger partial charge on any atom is 0.437 e. The molecule has 0 saturated carbocycles. The zero-order chi connectivity index (χ0) is 19.7. The Morgan fingerprint density at radius 2 is 1.93 bits per heavy atom. The molecule has 0 aromatic carbocycles. The second-order valence-corrected chi connectivity index (χ2v) is 9.46. The molecule has 2 aliphatic heterocycles. The molecule has 0 aromatic heterocycles. The van der Waals surface area contributed by atoms with Gasteiger partial charge in [-0.05, 0) is 53.0 Å². The minimum Gasteiger partial charge on any atom is -0.442 e. The Kier molecular flexibility index (Phi) is 9.18. The number of rotatable bonds is 10. The van der Waals surface area contributed by atoms with Crippen molar-refractivity contribution in [2.45, 2.75) is 82.2 Å². The Morgan fingerprint density at radius 3 is 2.63 bits per heavy atom. The van der Waals surface area contributed by atoms with Crippen LogP contribution in [0.15, 0.2) is 4.99 Å². The van der Waals surface area contributed by atoms with Crippen LogP contribution < -0.4 is 16.4 Å². The summed E-state index contributed by atoms with van der Waals surface area (Å²) in [6.45, 7) is 7.95. The van der Waals surface area contributed by atoms with Crippen LogP contribution in [0, 0.1) is 0 Å². The van der Waals surface area contributed by atoms with E-state index >= 15 is 0 Å². The van der Waals surface area contributed by atoms with E-state index in [9.17, 15) is 4.79 Å². The lowest BCUT2D eigenvalue weighted by molar-refractivity contribution is 0.0603. The number of fused-ring (bicyclic) bond motifs is 1. The second-order valence-electron chi connectivity index (χ2n) is 8.19. The summed E-state index contributed by atoms with van der Waals surface area (Å²) in [7, 11) is 0. The van der Waals surface area contributed by atoms with Crippen molar-refractivity contribution in [3.63, 3.8) is 0 Å². The van der Waals surface area contributed by atoms with Crippen molar-refractivity contribution in [1.29, 1.82) is 0 Å². The first-order chi connectivity index (χ1) is 12.9. The monoisotopic (exact) mass is 400 g/mol. The van der Waals surface area contributed by atoms with E-state index in [0.29, 0.717) is 23.3 Å². The molecule has 3 atom stereocenters. The number of guanidine groups is 1. The van der Waals surface area contributed by atoms with Gasteiger partial charge in [-0.15, -0.1) is 4.99 Å². The van der Waals surface area contributed by atoms with Gasteiger partial charge < -0.3 is 25.8 Å². The lowest BCUT2D eigenvalue weighted by atomic mass is 10.0. The van der Waals surface area contributed by atoms with E-state index in [1.807, 2.05) is 32.5 Å². The van der Waals surface area contributed by atoms with Crippen molar-refractivity contribution in [3.05, 3.63) is 0 Å². The van der Waals surface area contributed by atoms with Crippen molar-refractivity contribution >= 4 is 23.8 Å². The van der Waals surface area contributed by atoms with Crippen LogP contribution in [0.25, 0.3) is 0 Å². The normalized spacial score (nSPS) is 25.9. The zero-order valence-electron chi connectivity index (χ0n) is 17.0. The first-order valence-corrected chi connectivity index (χ1v) is 11.2. The smallest absolute Gasteiger partial charge is 0.437 e. The summed E-state index contributed by atoms with van der Waals surface area (Å²) in [5, 5.41) is 7.26. The molecule has 2 aliphatic rings. The highest BCUT2D eigenvalue weighted by molar-refractivity contribution is 8.00. The number of ether oxygens (including phenoxy) is 2. The third kappa shape index (κ3) is 8.27. The van der Waals surface area contributed by atoms with Gasteiger partial charge in [-0.1, -0.05) is 12.8 Å². The van der Waals surface area contributed by atoms with E-state index in [2.05, 4.69) is 15.6 Å².